The minimum atomic E-state index is -0.855. The molecular weight excluding hydrogens is 272 g/mol. The lowest BCUT2D eigenvalue weighted by molar-refractivity contribution is -0.133. The van der Waals surface area contributed by atoms with Crippen LogP contribution in [0.4, 0.5) is 0 Å². The highest BCUT2D eigenvalue weighted by molar-refractivity contribution is 7.99. The van der Waals surface area contributed by atoms with Crippen LogP contribution in [0.3, 0.4) is 0 Å². The van der Waals surface area contributed by atoms with Crippen molar-refractivity contribution in [2.24, 2.45) is 0 Å². The van der Waals surface area contributed by atoms with Gasteiger partial charge in [0, 0.05) is 18.3 Å². The van der Waals surface area contributed by atoms with Gasteiger partial charge in [-0.25, -0.2) is 4.98 Å². The second-order valence-corrected chi connectivity index (χ2v) is 5.25. The van der Waals surface area contributed by atoms with E-state index in [1.807, 2.05) is 16.9 Å². The molecule has 0 spiro atoms. The van der Waals surface area contributed by atoms with Gasteiger partial charge in [-0.1, -0.05) is 11.8 Å². The zero-order chi connectivity index (χ0) is 13.0. The molecule has 0 unspecified atom stereocenters. The average Bonchev–Trinajstić information content (AvgIpc) is 2.94. The fraction of sp³-hybridized carbons (Fsp3) is 0.400. The number of nitrogens with zero attached hydrogens (tertiary/aromatic N) is 4. The molecule has 6 nitrogen and oxygen atoms in total. The van der Waals surface area contributed by atoms with Gasteiger partial charge in [-0.2, -0.15) is 0 Å². The number of carboxylic acid groups (broad SMARTS) is 1. The predicted molar refractivity (Wildman–Crippen MR) is 68.9 cm³/mol. The van der Waals surface area contributed by atoms with Gasteiger partial charge in [-0.05, 0) is 6.92 Å². The third-order valence-corrected chi connectivity index (χ3v) is 3.89. The molecule has 8 heteroatoms. The van der Waals surface area contributed by atoms with Crippen molar-refractivity contribution in [3.63, 3.8) is 0 Å². The van der Waals surface area contributed by atoms with E-state index in [4.69, 9.17) is 5.11 Å². The Hall–Kier alpha value is -1.41. The maximum atomic E-state index is 10.5. The first kappa shape index (κ1) is 13.0. The highest BCUT2D eigenvalue weighted by Crippen LogP contribution is 2.17. The van der Waals surface area contributed by atoms with Crippen molar-refractivity contribution < 1.29 is 9.90 Å². The SMILES string of the molecule is Cc1nnc(SCC(=O)O)n1CCc1cscn1. The molecule has 0 saturated carbocycles. The van der Waals surface area contributed by atoms with E-state index in [1.54, 1.807) is 16.8 Å². The second-order valence-electron chi connectivity index (χ2n) is 3.59. The molecule has 0 fully saturated rings. The third kappa shape index (κ3) is 3.30. The zero-order valence-electron chi connectivity index (χ0n) is 9.74. The summed E-state index contributed by atoms with van der Waals surface area (Å²) in [7, 11) is 0. The molecular formula is C10H12N4O2S2. The summed E-state index contributed by atoms with van der Waals surface area (Å²) in [6.07, 6.45) is 0.795. The number of carbonyl (C=O) groups is 1. The molecule has 2 heterocycles. The number of hydrogen-bond acceptors (Lipinski definition) is 6. The Morgan fingerprint density at radius 2 is 2.39 bits per heavy atom. The van der Waals surface area contributed by atoms with Gasteiger partial charge in [0.25, 0.3) is 0 Å². The van der Waals surface area contributed by atoms with Crippen molar-refractivity contribution in [1.29, 1.82) is 0 Å². The van der Waals surface area contributed by atoms with E-state index >= 15 is 0 Å². The second kappa shape index (κ2) is 5.96. The van der Waals surface area contributed by atoms with Crippen LogP contribution in [0.1, 0.15) is 11.5 Å². The first-order chi connectivity index (χ1) is 8.66. The molecule has 0 aliphatic carbocycles. The van der Waals surface area contributed by atoms with Crippen molar-refractivity contribution in [2.75, 3.05) is 5.75 Å². The number of aryl methyl sites for hydroxylation is 2. The van der Waals surface area contributed by atoms with E-state index < -0.39 is 5.97 Å². The van der Waals surface area contributed by atoms with E-state index in [9.17, 15) is 4.79 Å². The number of carboxylic acids is 1. The maximum Gasteiger partial charge on any atom is 0.313 e. The molecule has 0 atom stereocenters. The number of aromatic nitrogens is 4. The number of rotatable bonds is 6. The molecule has 0 bridgehead atoms. The Kier molecular flexibility index (Phi) is 4.32. The minimum absolute atomic E-state index is 0.00512. The van der Waals surface area contributed by atoms with E-state index in [-0.39, 0.29) is 5.75 Å². The summed E-state index contributed by atoms with van der Waals surface area (Å²) in [5, 5.41) is 19.3. The van der Waals surface area contributed by atoms with Crippen LogP contribution in [0, 0.1) is 6.92 Å². The van der Waals surface area contributed by atoms with Crippen LogP contribution in [0.2, 0.25) is 0 Å². The first-order valence-corrected chi connectivity index (χ1v) is 7.21. The summed E-state index contributed by atoms with van der Waals surface area (Å²) in [4.78, 5) is 14.8. The van der Waals surface area contributed by atoms with E-state index in [1.165, 1.54) is 11.8 Å². The molecule has 1 N–H and O–H groups in total. The number of aliphatic carboxylic acids is 1. The Bertz CT molecular complexity index is 524. The molecule has 0 radical (unpaired) electrons. The summed E-state index contributed by atoms with van der Waals surface area (Å²) in [5.41, 5.74) is 2.83. The van der Waals surface area contributed by atoms with Gasteiger partial charge in [-0.3, -0.25) is 4.79 Å². The lowest BCUT2D eigenvalue weighted by Crippen LogP contribution is -2.07. The van der Waals surface area contributed by atoms with Gasteiger partial charge in [0.2, 0.25) is 0 Å². The van der Waals surface area contributed by atoms with E-state index in [0.717, 1.165) is 17.9 Å². The van der Waals surface area contributed by atoms with Crippen LogP contribution in [0.25, 0.3) is 0 Å². The van der Waals surface area contributed by atoms with Crippen LogP contribution < -0.4 is 0 Å². The maximum absolute atomic E-state index is 10.5. The molecule has 2 rings (SSSR count). The van der Waals surface area contributed by atoms with Crippen LogP contribution in [0.5, 0.6) is 0 Å². The summed E-state index contributed by atoms with van der Waals surface area (Å²) in [5.74, 6) is -0.0701. The normalized spacial score (nSPS) is 10.7. The van der Waals surface area contributed by atoms with Gasteiger partial charge in [0.15, 0.2) is 5.16 Å². The minimum Gasteiger partial charge on any atom is -0.481 e. The molecule has 0 aromatic carbocycles. The van der Waals surface area contributed by atoms with Crippen LogP contribution >= 0.6 is 23.1 Å². The van der Waals surface area contributed by atoms with Gasteiger partial charge >= 0.3 is 5.97 Å². The topological polar surface area (TPSA) is 80.9 Å². The summed E-state index contributed by atoms with van der Waals surface area (Å²) < 4.78 is 1.92. The Morgan fingerprint density at radius 3 is 3.06 bits per heavy atom. The van der Waals surface area contributed by atoms with Gasteiger partial charge in [0.05, 0.1) is 17.0 Å². The lowest BCUT2D eigenvalue weighted by atomic mass is 10.3. The quantitative estimate of drug-likeness (QED) is 0.809. The fourth-order valence-electron chi connectivity index (χ4n) is 1.44. The van der Waals surface area contributed by atoms with Crippen LogP contribution in [-0.2, 0) is 17.8 Å². The first-order valence-electron chi connectivity index (χ1n) is 5.28. The highest BCUT2D eigenvalue weighted by Gasteiger charge is 2.11. The number of hydrogen-bond donors (Lipinski definition) is 1. The molecule has 0 aliphatic rings. The largest absolute Gasteiger partial charge is 0.481 e. The Balaban J connectivity index is 2.02. The molecule has 0 aliphatic heterocycles. The summed E-state index contributed by atoms with van der Waals surface area (Å²) >= 11 is 2.75. The average molecular weight is 284 g/mol. The molecule has 2 aromatic rings. The molecule has 0 saturated heterocycles. The Morgan fingerprint density at radius 1 is 1.56 bits per heavy atom. The fourth-order valence-corrected chi connectivity index (χ4v) is 2.76. The number of thioether (sulfide) groups is 1. The highest BCUT2D eigenvalue weighted by atomic mass is 32.2. The summed E-state index contributed by atoms with van der Waals surface area (Å²) in [6, 6.07) is 0. The van der Waals surface area contributed by atoms with E-state index in [0.29, 0.717) is 11.7 Å². The van der Waals surface area contributed by atoms with Gasteiger partial charge in [0.1, 0.15) is 5.82 Å². The van der Waals surface area contributed by atoms with E-state index in [2.05, 4.69) is 15.2 Å². The van der Waals surface area contributed by atoms with Crippen molar-refractivity contribution in [2.45, 2.75) is 25.0 Å². The Labute approximate surface area is 112 Å². The zero-order valence-corrected chi connectivity index (χ0v) is 11.4. The molecule has 18 heavy (non-hydrogen) atoms. The lowest BCUT2D eigenvalue weighted by Gasteiger charge is -2.06. The molecule has 96 valence electrons. The predicted octanol–water partition coefficient (Wildman–Crippen LogP) is 1.46. The number of thiazole rings is 1. The van der Waals surface area contributed by atoms with Crippen LogP contribution in [0.15, 0.2) is 16.0 Å². The van der Waals surface area contributed by atoms with Crippen molar-refractivity contribution in [1.82, 2.24) is 19.7 Å². The van der Waals surface area contributed by atoms with Crippen molar-refractivity contribution >= 4 is 29.1 Å². The molecule has 0 amide bonds. The standard InChI is InChI=1S/C10H12N4O2S2/c1-7-12-13-10(18-5-9(15)16)14(7)3-2-8-4-17-6-11-8/h4,6H,2-3,5H2,1H3,(H,15,16). The summed E-state index contributed by atoms with van der Waals surface area (Å²) in [6.45, 7) is 2.57. The van der Waals surface area contributed by atoms with Crippen molar-refractivity contribution in [3.8, 4) is 0 Å². The monoisotopic (exact) mass is 284 g/mol. The van der Waals surface area contributed by atoms with Crippen LogP contribution in [-0.4, -0.2) is 36.6 Å². The smallest absolute Gasteiger partial charge is 0.313 e. The molecule has 2 aromatic heterocycles. The van der Waals surface area contributed by atoms with Crippen molar-refractivity contribution in [3.05, 3.63) is 22.4 Å². The van der Waals surface area contributed by atoms with Gasteiger partial charge < -0.3 is 9.67 Å². The third-order valence-electron chi connectivity index (χ3n) is 2.30. The van der Waals surface area contributed by atoms with Gasteiger partial charge in [-0.15, -0.1) is 21.5 Å².